The predicted molar refractivity (Wildman–Crippen MR) is 71.1 cm³/mol. The molecule has 4 heteroatoms. The lowest BCUT2D eigenvalue weighted by atomic mass is 10.1. The van der Waals surface area contributed by atoms with Gasteiger partial charge in [0.25, 0.3) is 5.91 Å². The normalized spacial score (nSPS) is 10.2. The molecule has 0 aliphatic rings. The first-order valence-corrected chi connectivity index (χ1v) is 5.96. The lowest BCUT2D eigenvalue weighted by molar-refractivity contribution is 0.0953. The molecule has 2 rings (SSSR count). The standard InChI is InChI=1S/C14H15N3O/c1-2-3-4-5-8-15-14(18)11-6-7-12-10-16-17-13(12)9-11/h1,6-7,9-10H,3-5,8H2,(H,15,18)(H,16,17). The molecule has 18 heavy (non-hydrogen) atoms. The van der Waals surface area contributed by atoms with E-state index in [-0.39, 0.29) is 5.91 Å². The summed E-state index contributed by atoms with van der Waals surface area (Å²) < 4.78 is 0. The van der Waals surface area contributed by atoms with Gasteiger partial charge in [-0.3, -0.25) is 9.89 Å². The largest absolute Gasteiger partial charge is 0.352 e. The fraction of sp³-hybridized carbons (Fsp3) is 0.286. The Balaban J connectivity index is 1.90. The summed E-state index contributed by atoms with van der Waals surface area (Å²) in [5.74, 6) is 2.52. The van der Waals surface area contributed by atoms with Crippen molar-refractivity contribution in [2.75, 3.05) is 6.54 Å². The van der Waals surface area contributed by atoms with Crippen molar-refractivity contribution in [2.45, 2.75) is 19.3 Å². The molecule has 0 saturated heterocycles. The average molecular weight is 241 g/mol. The number of hydrogen-bond donors (Lipinski definition) is 2. The Morgan fingerprint density at radius 3 is 3.17 bits per heavy atom. The number of aromatic amines is 1. The number of H-pyrrole nitrogens is 1. The molecule has 1 aromatic carbocycles. The van der Waals surface area contributed by atoms with Crippen LogP contribution in [0.3, 0.4) is 0 Å². The van der Waals surface area contributed by atoms with Gasteiger partial charge < -0.3 is 5.32 Å². The number of benzene rings is 1. The molecular formula is C14H15N3O. The van der Waals surface area contributed by atoms with Crippen LogP contribution < -0.4 is 5.32 Å². The minimum atomic E-state index is -0.0628. The zero-order chi connectivity index (χ0) is 12.8. The highest BCUT2D eigenvalue weighted by atomic mass is 16.1. The van der Waals surface area contributed by atoms with Gasteiger partial charge in [0, 0.05) is 23.9 Å². The van der Waals surface area contributed by atoms with Crippen molar-refractivity contribution in [2.24, 2.45) is 0 Å². The molecule has 0 bridgehead atoms. The smallest absolute Gasteiger partial charge is 0.251 e. The molecule has 1 heterocycles. The van der Waals surface area contributed by atoms with E-state index in [1.54, 1.807) is 18.3 Å². The van der Waals surface area contributed by atoms with Crippen LogP contribution in [0.2, 0.25) is 0 Å². The third kappa shape index (κ3) is 2.89. The summed E-state index contributed by atoms with van der Waals surface area (Å²) in [4.78, 5) is 11.9. The molecule has 1 aromatic heterocycles. The predicted octanol–water partition coefficient (Wildman–Crippen LogP) is 2.10. The van der Waals surface area contributed by atoms with E-state index in [1.165, 1.54) is 0 Å². The van der Waals surface area contributed by atoms with Gasteiger partial charge in [0.2, 0.25) is 0 Å². The van der Waals surface area contributed by atoms with E-state index < -0.39 is 0 Å². The second-order valence-corrected chi connectivity index (χ2v) is 4.09. The fourth-order valence-electron chi connectivity index (χ4n) is 1.73. The van der Waals surface area contributed by atoms with Gasteiger partial charge in [-0.1, -0.05) is 6.07 Å². The molecule has 0 radical (unpaired) electrons. The lowest BCUT2D eigenvalue weighted by Gasteiger charge is -2.04. The topological polar surface area (TPSA) is 57.8 Å². The van der Waals surface area contributed by atoms with Crippen molar-refractivity contribution in [3.8, 4) is 12.3 Å². The van der Waals surface area contributed by atoms with Crippen molar-refractivity contribution < 1.29 is 4.79 Å². The van der Waals surface area contributed by atoms with Crippen LogP contribution in [0, 0.1) is 12.3 Å². The number of amides is 1. The average Bonchev–Trinajstić information content (AvgIpc) is 2.85. The summed E-state index contributed by atoms with van der Waals surface area (Å²) in [6.45, 7) is 0.654. The van der Waals surface area contributed by atoms with E-state index in [4.69, 9.17) is 6.42 Å². The molecule has 0 atom stereocenters. The van der Waals surface area contributed by atoms with Crippen LogP contribution >= 0.6 is 0 Å². The molecule has 4 nitrogen and oxygen atoms in total. The van der Waals surface area contributed by atoms with Gasteiger partial charge in [-0.15, -0.1) is 12.3 Å². The molecule has 0 fully saturated rings. The Labute approximate surface area is 106 Å². The second kappa shape index (κ2) is 5.87. The van der Waals surface area contributed by atoms with Crippen LogP contribution in [0.1, 0.15) is 29.6 Å². The first kappa shape index (κ1) is 12.2. The Morgan fingerprint density at radius 2 is 2.33 bits per heavy atom. The van der Waals surface area contributed by atoms with E-state index in [0.717, 1.165) is 30.2 Å². The van der Waals surface area contributed by atoms with Crippen molar-refractivity contribution in [1.82, 2.24) is 15.5 Å². The number of carbonyl (C=O) groups excluding carboxylic acids is 1. The van der Waals surface area contributed by atoms with Crippen LogP contribution in [-0.4, -0.2) is 22.6 Å². The van der Waals surface area contributed by atoms with Gasteiger partial charge in [-0.25, -0.2) is 0 Å². The minimum absolute atomic E-state index is 0.0628. The maximum Gasteiger partial charge on any atom is 0.251 e. The Morgan fingerprint density at radius 1 is 1.44 bits per heavy atom. The Bertz CT molecular complexity index is 580. The van der Waals surface area contributed by atoms with E-state index in [0.29, 0.717) is 12.1 Å². The monoisotopic (exact) mass is 241 g/mol. The molecular weight excluding hydrogens is 226 g/mol. The highest BCUT2D eigenvalue weighted by Gasteiger charge is 2.06. The molecule has 2 aromatic rings. The van der Waals surface area contributed by atoms with Crippen LogP contribution in [0.25, 0.3) is 10.9 Å². The van der Waals surface area contributed by atoms with Gasteiger partial charge >= 0.3 is 0 Å². The van der Waals surface area contributed by atoms with E-state index >= 15 is 0 Å². The molecule has 1 amide bonds. The van der Waals surface area contributed by atoms with Crippen molar-refractivity contribution in [3.05, 3.63) is 30.0 Å². The van der Waals surface area contributed by atoms with Gasteiger partial charge in [-0.05, 0) is 25.0 Å². The van der Waals surface area contributed by atoms with Gasteiger partial charge in [0.1, 0.15) is 0 Å². The number of terminal acetylenes is 1. The van der Waals surface area contributed by atoms with Gasteiger partial charge in [-0.2, -0.15) is 5.10 Å². The first-order valence-electron chi connectivity index (χ1n) is 5.96. The maximum atomic E-state index is 11.9. The molecule has 2 N–H and O–H groups in total. The number of nitrogens with zero attached hydrogens (tertiary/aromatic N) is 1. The maximum absolute atomic E-state index is 11.9. The number of unbranched alkanes of at least 4 members (excludes halogenated alkanes) is 2. The molecule has 92 valence electrons. The number of aromatic nitrogens is 2. The van der Waals surface area contributed by atoms with E-state index in [2.05, 4.69) is 21.4 Å². The summed E-state index contributed by atoms with van der Waals surface area (Å²) in [6.07, 6.45) is 9.50. The van der Waals surface area contributed by atoms with Crippen molar-refractivity contribution in [1.29, 1.82) is 0 Å². The molecule has 0 unspecified atom stereocenters. The van der Waals surface area contributed by atoms with Crippen molar-refractivity contribution in [3.63, 3.8) is 0 Å². The van der Waals surface area contributed by atoms with Crippen LogP contribution in [0.5, 0.6) is 0 Å². The summed E-state index contributed by atoms with van der Waals surface area (Å²) in [7, 11) is 0. The van der Waals surface area contributed by atoms with E-state index in [9.17, 15) is 4.79 Å². The number of rotatable bonds is 5. The zero-order valence-electron chi connectivity index (χ0n) is 10.1. The van der Waals surface area contributed by atoms with Gasteiger partial charge in [0.15, 0.2) is 0 Å². The quantitative estimate of drug-likeness (QED) is 0.622. The second-order valence-electron chi connectivity index (χ2n) is 4.09. The summed E-state index contributed by atoms with van der Waals surface area (Å²) in [5, 5.41) is 10.6. The molecule has 0 spiro atoms. The summed E-state index contributed by atoms with van der Waals surface area (Å²) in [6, 6.07) is 5.49. The Kier molecular flexibility index (Phi) is 3.98. The van der Waals surface area contributed by atoms with Crippen molar-refractivity contribution >= 4 is 16.8 Å². The highest BCUT2D eigenvalue weighted by molar-refractivity contribution is 5.97. The number of nitrogens with one attached hydrogen (secondary N) is 2. The Hall–Kier alpha value is -2.28. The summed E-state index contributed by atoms with van der Waals surface area (Å²) in [5.41, 5.74) is 1.51. The summed E-state index contributed by atoms with van der Waals surface area (Å²) >= 11 is 0. The number of fused-ring (bicyclic) bond motifs is 1. The van der Waals surface area contributed by atoms with Crippen LogP contribution in [0.4, 0.5) is 0 Å². The lowest BCUT2D eigenvalue weighted by Crippen LogP contribution is -2.24. The zero-order valence-corrected chi connectivity index (χ0v) is 10.1. The fourth-order valence-corrected chi connectivity index (χ4v) is 1.73. The third-order valence-corrected chi connectivity index (χ3v) is 2.74. The SMILES string of the molecule is C#CCCCCNC(=O)c1ccc2cn[nH]c2c1. The van der Waals surface area contributed by atoms with Crippen LogP contribution in [0.15, 0.2) is 24.4 Å². The van der Waals surface area contributed by atoms with Gasteiger partial charge in [0.05, 0.1) is 11.7 Å². The number of hydrogen-bond acceptors (Lipinski definition) is 2. The molecule has 0 aliphatic carbocycles. The minimum Gasteiger partial charge on any atom is -0.352 e. The first-order chi connectivity index (χ1) is 8.81. The van der Waals surface area contributed by atoms with Crippen LogP contribution in [-0.2, 0) is 0 Å². The third-order valence-electron chi connectivity index (χ3n) is 2.74. The highest BCUT2D eigenvalue weighted by Crippen LogP contribution is 2.12. The van der Waals surface area contributed by atoms with E-state index in [1.807, 2.05) is 6.07 Å². The molecule has 0 aliphatic heterocycles. The molecule has 0 saturated carbocycles. The number of carbonyl (C=O) groups is 1.